The Morgan fingerprint density at radius 2 is 1.70 bits per heavy atom. The second kappa shape index (κ2) is 6.93. The molecule has 0 radical (unpaired) electrons. The van der Waals surface area contributed by atoms with Crippen LogP contribution in [0.1, 0.15) is 73.6 Å². The van der Waals surface area contributed by atoms with Crippen LogP contribution in [0.2, 0.25) is 0 Å². The van der Waals surface area contributed by atoms with Crippen LogP contribution in [0.5, 0.6) is 0 Å². The zero-order valence-corrected chi connectivity index (χ0v) is 14.3. The van der Waals surface area contributed by atoms with E-state index in [2.05, 4.69) is 52.2 Å². The van der Waals surface area contributed by atoms with Gasteiger partial charge in [0.05, 0.1) is 0 Å². The van der Waals surface area contributed by atoms with Crippen molar-refractivity contribution in [3.63, 3.8) is 0 Å². The molecule has 1 aliphatic rings. The molecule has 1 amide bonds. The third-order valence-corrected chi connectivity index (χ3v) is 4.05. The highest BCUT2D eigenvalue weighted by Crippen LogP contribution is 2.45. The van der Waals surface area contributed by atoms with E-state index in [-0.39, 0.29) is 5.91 Å². The Balaban J connectivity index is 2.34. The fourth-order valence-electron chi connectivity index (χ4n) is 3.89. The van der Waals surface area contributed by atoms with Gasteiger partial charge < -0.3 is 10.6 Å². The molecule has 0 heterocycles. The van der Waals surface area contributed by atoms with Gasteiger partial charge in [-0.3, -0.25) is 4.79 Å². The third kappa shape index (κ3) is 6.74. The predicted molar refractivity (Wildman–Crippen MR) is 85.7 cm³/mol. The van der Waals surface area contributed by atoms with Gasteiger partial charge in [-0.1, -0.05) is 41.5 Å². The van der Waals surface area contributed by atoms with E-state index in [1.807, 2.05) is 0 Å². The standard InChI is InChI=1S/C17H34N2O/c1-13(2)18-9-7-8-15(20)19-14-10-16(3,4)12-17(5,6)11-14/h13-14,18H,7-12H2,1-6H3,(H,19,20). The van der Waals surface area contributed by atoms with Crippen molar-refractivity contribution in [3.05, 3.63) is 0 Å². The Bertz CT molecular complexity index is 305. The lowest BCUT2D eigenvalue weighted by Gasteiger charge is -2.45. The number of rotatable bonds is 6. The molecule has 1 rings (SSSR count). The molecule has 20 heavy (non-hydrogen) atoms. The Hall–Kier alpha value is -0.570. The summed E-state index contributed by atoms with van der Waals surface area (Å²) in [6.07, 6.45) is 5.00. The molecule has 3 nitrogen and oxygen atoms in total. The smallest absolute Gasteiger partial charge is 0.220 e. The Morgan fingerprint density at radius 1 is 1.15 bits per heavy atom. The molecule has 1 saturated carbocycles. The highest BCUT2D eigenvalue weighted by molar-refractivity contribution is 5.76. The van der Waals surface area contributed by atoms with Crippen LogP contribution in [0.15, 0.2) is 0 Å². The highest BCUT2D eigenvalue weighted by Gasteiger charge is 2.38. The number of nitrogens with one attached hydrogen (secondary N) is 2. The summed E-state index contributed by atoms with van der Waals surface area (Å²) in [5.41, 5.74) is 0.664. The molecule has 0 bridgehead atoms. The van der Waals surface area contributed by atoms with E-state index >= 15 is 0 Å². The molecule has 2 N–H and O–H groups in total. The summed E-state index contributed by atoms with van der Waals surface area (Å²) in [4.78, 5) is 12.0. The summed E-state index contributed by atoms with van der Waals surface area (Å²) in [6, 6.07) is 0.845. The van der Waals surface area contributed by atoms with Gasteiger partial charge in [0.1, 0.15) is 0 Å². The summed E-state index contributed by atoms with van der Waals surface area (Å²) < 4.78 is 0. The first kappa shape index (κ1) is 17.5. The van der Waals surface area contributed by atoms with E-state index in [1.165, 1.54) is 6.42 Å². The van der Waals surface area contributed by atoms with Gasteiger partial charge in [-0.2, -0.15) is 0 Å². The molecular formula is C17H34N2O. The highest BCUT2D eigenvalue weighted by atomic mass is 16.1. The second-order valence-corrected chi connectivity index (χ2v) is 8.39. The van der Waals surface area contributed by atoms with Crippen molar-refractivity contribution in [2.45, 2.75) is 85.7 Å². The molecule has 0 atom stereocenters. The van der Waals surface area contributed by atoms with Gasteiger partial charge >= 0.3 is 0 Å². The number of carbonyl (C=O) groups excluding carboxylic acids is 1. The number of amides is 1. The first-order chi connectivity index (χ1) is 9.10. The lowest BCUT2D eigenvalue weighted by molar-refractivity contribution is -0.122. The van der Waals surface area contributed by atoms with Crippen molar-refractivity contribution in [2.24, 2.45) is 10.8 Å². The number of hydrogen-bond donors (Lipinski definition) is 2. The van der Waals surface area contributed by atoms with Gasteiger partial charge in [-0.15, -0.1) is 0 Å². The lowest BCUT2D eigenvalue weighted by Crippen LogP contribution is -2.46. The van der Waals surface area contributed by atoms with Gasteiger partial charge in [0.25, 0.3) is 0 Å². The molecule has 3 heteroatoms. The zero-order chi connectivity index (χ0) is 15.4. The minimum absolute atomic E-state index is 0.217. The summed E-state index contributed by atoms with van der Waals surface area (Å²) in [5, 5.41) is 6.60. The molecule has 0 aromatic rings. The van der Waals surface area contributed by atoms with Crippen LogP contribution in [0.3, 0.4) is 0 Å². The third-order valence-electron chi connectivity index (χ3n) is 4.05. The van der Waals surface area contributed by atoms with Crippen molar-refractivity contribution in [1.29, 1.82) is 0 Å². The topological polar surface area (TPSA) is 41.1 Å². The van der Waals surface area contributed by atoms with Crippen molar-refractivity contribution in [3.8, 4) is 0 Å². The van der Waals surface area contributed by atoms with E-state index in [0.29, 0.717) is 29.3 Å². The average molecular weight is 282 g/mol. The van der Waals surface area contributed by atoms with E-state index in [0.717, 1.165) is 25.8 Å². The predicted octanol–water partition coefficient (Wildman–Crippen LogP) is 3.49. The van der Waals surface area contributed by atoms with E-state index in [9.17, 15) is 4.79 Å². The van der Waals surface area contributed by atoms with Gasteiger partial charge in [0, 0.05) is 18.5 Å². The van der Waals surface area contributed by atoms with E-state index < -0.39 is 0 Å². The first-order valence-corrected chi connectivity index (χ1v) is 8.12. The minimum atomic E-state index is 0.217. The molecule has 1 aliphatic carbocycles. The van der Waals surface area contributed by atoms with Gasteiger partial charge in [0.15, 0.2) is 0 Å². The van der Waals surface area contributed by atoms with Crippen molar-refractivity contribution < 1.29 is 4.79 Å². The average Bonchev–Trinajstić information content (AvgIpc) is 2.19. The summed E-state index contributed by atoms with van der Waals surface area (Å²) >= 11 is 0. The minimum Gasteiger partial charge on any atom is -0.353 e. The molecule has 0 unspecified atom stereocenters. The van der Waals surface area contributed by atoms with E-state index in [4.69, 9.17) is 0 Å². The van der Waals surface area contributed by atoms with Gasteiger partial charge in [0.2, 0.25) is 5.91 Å². The number of carbonyl (C=O) groups is 1. The van der Waals surface area contributed by atoms with Gasteiger partial charge in [-0.05, 0) is 43.1 Å². The van der Waals surface area contributed by atoms with Crippen LogP contribution in [0, 0.1) is 10.8 Å². The fourth-order valence-corrected chi connectivity index (χ4v) is 3.89. The largest absolute Gasteiger partial charge is 0.353 e. The van der Waals surface area contributed by atoms with Crippen LogP contribution in [-0.4, -0.2) is 24.5 Å². The summed E-state index contributed by atoms with van der Waals surface area (Å²) in [7, 11) is 0. The summed E-state index contributed by atoms with van der Waals surface area (Å²) in [6.45, 7) is 14.5. The van der Waals surface area contributed by atoms with Crippen LogP contribution >= 0.6 is 0 Å². The molecule has 0 aromatic carbocycles. The van der Waals surface area contributed by atoms with Crippen LogP contribution in [0.4, 0.5) is 0 Å². The first-order valence-electron chi connectivity index (χ1n) is 8.12. The SMILES string of the molecule is CC(C)NCCCC(=O)NC1CC(C)(C)CC(C)(C)C1. The quantitative estimate of drug-likeness (QED) is 0.732. The Morgan fingerprint density at radius 3 is 2.20 bits per heavy atom. The fraction of sp³-hybridized carbons (Fsp3) is 0.941. The van der Waals surface area contributed by atoms with Gasteiger partial charge in [-0.25, -0.2) is 0 Å². The summed E-state index contributed by atoms with van der Waals surface area (Å²) in [5.74, 6) is 0.217. The lowest BCUT2D eigenvalue weighted by atomic mass is 9.63. The van der Waals surface area contributed by atoms with Crippen molar-refractivity contribution in [2.75, 3.05) is 6.54 Å². The molecule has 0 spiro atoms. The van der Waals surface area contributed by atoms with E-state index in [1.54, 1.807) is 0 Å². The maximum Gasteiger partial charge on any atom is 0.220 e. The zero-order valence-electron chi connectivity index (χ0n) is 14.3. The maximum absolute atomic E-state index is 12.0. The normalized spacial score (nSPS) is 21.9. The monoisotopic (exact) mass is 282 g/mol. The van der Waals surface area contributed by atoms with Crippen LogP contribution in [-0.2, 0) is 4.79 Å². The van der Waals surface area contributed by atoms with Crippen molar-refractivity contribution >= 4 is 5.91 Å². The molecule has 1 fully saturated rings. The van der Waals surface area contributed by atoms with Crippen LogP contribution in [0.25, 0.3) is 0 Å². The molecule has 0 aromatic heterocycles. The molecule has 0 saturated heterocycles. The Labute approximate surface area is 125 Å². The molecular weight excluding hydrogens is 248 g/mol. The maximum atomic E-state index is 12.0. The second-order valence-electron chi connectivity index (χ2n) is 8.39. The van der Waals surface area contributed by atoms with Crippen LogP contribution < -0.4 is 10.6 Å². The van der Waals surface area contributed by atoms with Crippen molar-refractivity contribution in [1.82, 2.24) is 10.6 Å². The molecule has 118 valence electrons. The Kier molecular flexibility index (Phi) is 6.06. The molecule has 0 aliphatic heterocycles. The number of hydrogen-bond acceptors (Lipinski definition) is 2.